The topological polar surface area (TPSA) is 46.2 Å². The Morgan fingerprint density at radius 2 is 2.15 bits per heavy atom. The van der Waals surface area contributed by atoms with Gasteiger partial charge in [-0.05, 0) is 30.0 Å². The van der Waals surface area contributed by atoms with Crippen LogP contribution in [-0.2, 0) is 6.61 Å². The number of aryl methyl sites for hydroxylation is 1. The molecule has 0 aliphatic rings. The van der Waals surface area contributed by atoms with E-state index in [1.54, 1.807) is 0 Å². The Labute approximate surface area is 79.4 Å². The normalized spacial score (nSPS) is 12.9. The fraction of sp³-hybridized carbons (Fsp3) is 0.455. The number of hydrogen-bond acceptors (Lipinski definition) is 2. The van der Waals surface area contributed by atoms with Gasteiger partial charge in [-0.25, -0.2) is 0 Å². The van der Waals surface area contributed by atoms with Crippen LogP contribution in [0.3, 0.4) is 0 Å². The zero-order chi connectivity index (χ0) is 9.84. The minimum absolute atomic E-state index is 0.0870. The van der Waals surface area contributed by atoms with Gasteiger partial charge in [0.25, 0.3) is 0 Å². The van der Waals surface area contributed by atoms with Crippen molar-refractivity contribution >= 4 is 0 Å². The summed E-state index contributed by atoms with van der Waals surface area (Å²) in [4.78, 5) is 0. The van der Waals surface area contributed by atoms with Crippen LogP contribution in [-0.4, -0.2) is 5.11 Å². The molecule has 1 unspecified atom stereocenters. The molecule has 0 heterocycles. The summed E-state index contributed by atoms with van der Waals surface area (Å²) in [6.45, 7) is 4.20. The van der Waals surface area contributed by atoms with E-state index in [4.69, 9.17) is 10.8 Å². The summed E-state index contributed by atoms with van der Waals surface area (Å²) in [5.41, 5.74) is 9.22. The minimum Gasteiger partial charge on any atom is -0.392 e. The molecule has 1 rings (SSSR count). The lowest BCUT2D eigenvalue weighted by atomic mass is 9.98. The molecule has 1 aromatic carbocycles. The first kappa shape index (κ1) is 10.2. The third-order valence-corrected chi connectivity index (χ3v) is 2.37. The van der Waals surface area contributed by atoms with Gasteiger partial charge in [-0.1, -0.05) is 25.1 Å². The molecular weight excluding hydrogens is 162 g/mol. The van der Waals surface area contributed by atoms with E-state index in [9.17, 15) is 0 Å². The molecule has 2 heteroatoms. The molecule has 0 amide bonds. The van der Waals surface area contributed by atoms with E-state index in [-0.39, 0.29) is 12.6 Å². The lowest BCUT2D eigenvalue weighted by Gasteiger charge is -2.13. The Balaban J connectivity index is 3.03. The van der Waals surface area contributed by atoms with Gasteiger partial charge in [0.15, 0.2) is 0 Å². The Bertz CT molecular complexity index is 283. The smallest absolute Gasteiger partial charge is 0.0681 e. The summed E-state index contributed by atoms with van der Waals surface area (Å²) < 4.78 is 0. The maximum Gasteiger partial charge on any atom is 0.0681 e. The number of aliphatic hydroxyl groups is 1. The lowest BCUT2D eigenvalue weighted by molar-refractivity contribution is 0.281. The van der Waals surface area contributed by atoms with Crippen molar-refractivity contribution in [3.05, 3.63) is 34.9 Å². The highest BCUT2D eigenvalue weighted by atomic mass is 16.3. The van der Waals surface area contributed by atoms with Gasteiger partial charge < -0.3 is 10.8 Å². The van der Waals surface area contributed by atoms with Gasteiger partial charge in [-0.15, -0.1) is 0 Å². The fourth-order valence-corrected chi connectivity index (χ4v) is 1.41. The second-order valence-electron chi connectivity index (χ2n) is 3.36. The molecule has 0 saturated carbocycles. The van der Waals surface area contributed by atoms with E-state index in [2.05, 4.69) is 6.92 Å². The van der Waals surface area contributed by atoms with Crippen LogP contribution in [0.25, 0.3) is 0 Å². The largest absolute Gasteiger partial charge is 0.392 e. The third-order valence-electron chi connectivity index (χ3n) is 2.37. The molecule has 0 aliphatic carbocycles. The molecular formula is C11H17NO. The Hall–Kier alpha value is -0.860. The van der Waals surface area contributed by atoms with Crippen LogP contribution in [0.2, 0.25) is 0 Å². The molecule has 0 aliphatic heterocycles. The van der Waals surface area contributed by atoms with Crippen LogP contribution in [0.1, 0.15) is 36.1 Å². The first-order chi connectivity index (χ1) is 6.19. The molecule has 0 bridgehead atoms. The van der Waals surface area contributed by atoms with Gasteiger partial charge in [0, 0.05) is 6.04 Å². The van der Waals surface area contributed by atoms with Crippen molar-refractivity contribution in [3.63, 3.8) is 0 Å². The van der Waals surface area contributed by atoms with Crippen molar-refractivity contribution in [3.8, 4) is 0 Å². The first-order valence-electron chi connectivity index (χ1n) is 4.65. The SMILES string of the molecule is CCC(N)c1cc(CO)ccc1C. The molecule has 0 aromatic heterocycles. The van der Waals surface area contributed by atoms with Crippen molar-refractivity contribution in [2.24, 2.45) is 5.73 Å². The maximum atomic E-state index is 8.97. The highest BCUT2D eigenvalue weighted by molar-refractivity contribution is 5.33. The first-order valence-corrected chi connectivity index (χ1v) is 4.65. The molecule has 13 heavy (non-hydrogen) atoms. The molecule has 3 N–H and O–H groups in total. The summed E-state index contributed by atoms with van der Waals surface area (Å²) in [6.07, 6.45) is 0.926. The van der Waals surface area contributed by atoms with E-state index in [1.165, 1.54) is 5.56 Å². The number of aliphatic hydroxyl groups excluding tert-OH is 1. The van der Waals surface area contributed by atoms with Crippen molar-refractivity contribution in [1.82, 2.24) is 0 Å². The quantitative estimate of drug-likeness (QED) is 0.744. The van der Waals surface area contributed by atoms with Crippen LogP contribution in [0.15, 0.2) is 18.2 Å². The van der Waals surface area contributed by atoms with Crippen molar-refractivity contribution in [1.29, 1.82) is 0 Å². The van der Waals surface area contributed by atoms with E-state index in [1.807, 2.05) is 25.1 Å². The molecule has 72 valence electrons. The second kappa shape index (κ2) is 4.40. The van der Waals surface area contributed by atoms with Gasteiger partial charge >= 0.3 is 0 Å². The van der Waals surface area contributed by atoms with Gasteiger partial charge in [-0.2, -0.15) is 0 Å². The number of benzene rings is 1. The summed E-state index contributed by atoms with van der Waals surface area (Å²) in [5.74, 6) is 0. The summed E-state index contributed by atoms with van der Waals surface area (Å²) in [7, 11) is 0. The predicted octanol–water partition coefficient (Wildman–Crippen LogP) is 1.90. The number of nitrogens with two attached hydrogens (primary N) is 1. The van der Waals surface area contributed by atoms with Crippen LogP contribution in [0.4, 0.5) is 0 Å². The number of hydrogen-bond donors (Lipinski definition) is 2. The zero-order valence-corrected chi connectivity index (χ0v) is 8.25. The Kier molecular flexibility index (Phi) is 3.46. The molecule has 0 saturated heterocycles. The fourth-order valence-electron chi connectivity index (χ4n) is 1.41. The highest BCUT2D eigenvalue weighted by Crippen LogP contribution is 2.19. The average Bonchev–Trinajstić information content (AvgIpc) is 2.17. The van der Waals surface area contributed by atoms with Gasteiger partial charge in [-0.3, -0.25) is 0 Å². The van der Waals surface area contributed by atoms with Crippen molar-refractivity contribution in [2.45, 2.75) is 32.9 Å². The van der Waals surface area contributed by atoms with Crippen LogP contribution >= 0.6 is 0 Å². The molecule has 2 nitrogen and oxygen atoms in total. The molecule has 0 fully saturated rings. The Morgan fingerprint density at radius 3 is 2.69 bits per heavy atom. The van der Waals surface area contributed by atoms with E-state index in [0.29, 0.717) is 0 Å². The molecule has 0 spiro atoms. The lowest BCUT2D eigenvalue weighted by Crippen LogP contribution is -2.10. The maximum absolute atomic E-state index is 8.97. The van der Waals surface area contributed by atoms with Gasteiger partial charge in [0.1, 0.15) is 0 Å². The average molecular weight is 179 g/mol. The standard InChI is InChI=1S/C11H17NO/c1-3-11(12)10-6-9(7-13)5-4-8(10)2/h4-6,11,13H,3,7,12H2,1-2H3. The van der Waals surface area contributed by atoms with Crippen LogP contribution < -0.4 is 5.73 Å². The third kappa shape index (κ3) is 2.29. The molecule has 1 aromatic rings. The van der Waals surface area contributed by atoms with Gasteiger partial charge in [0.05, 0.1) is 6.61 Å². The highest BCUT2D eigenvalue weighted by Gasteiger charge is 2.06. The van der Waals surface area contributed by atoms with E-state index in [0.717, 1.165) is 17.5 Å². The molecule has 0 radical (unpaired) electrons. The van der Waals surface area contributed by atoms with Gasteiger partial charge in [0.2, 0.25) is 0 Å². The second-order valence-corrected chi connectivity index (χ2v) is 3.36. The van der Waals surface area contributed by atoms with E-state index >= 15 is 0 Å². The Morgan fingerprint density at radius 1 is 1.46 bits per heavy atom. The predicted molar refractivity (Wildman–Crippen MR) is 54.3 cm³/mol. The summed E-state index contributed by atoms with van der Waals surface area (Å²) in [6, 6.07) is 6.02. The zero-order valence-electron chi connectivity index (χ0n) is 8.25. The van der Waals surface area contributed by atoms with Crippen molar-refractivity contribution < 1.29 is 5.11 Å². The summed E-state index contributed by atoms with van der Waals surface area (Å²) in [5, 5.41) is 8.97. The van der Waals surface area contributed by atoms with E-state index < -0.39 is 0 Å². The summed E-state index contributed by atoms with van der Waals surface area (Å²) >= 11 is 0. The van der Waals surface area contributed by atoms with Crippen LogP contribution in [0, 0.1) is 6.92 Å². The van der Waals surface area contributed by atoms with Crippen molar-refractivity contribution in [2.75, 3.05) is 0 Å². The minimum atomic E-state index is 0.0870. The monoisotopic (exact) mass is 179 g/mol. The number of rotatable bonds is 3. The molecule has 1 atom stereocenters. The van der Waals surface area contributed by atoms with Crippen LogP contribution in [0.5, 0.6) is 0 Å².